The SMILES string of the molecule is C[C@@H](O)c1ccc(Oc2cncc(Br)c2)c(Cl)c1. The van der Waals surface area contributed by atoms with Gasteiger partial charge >= 0.3 is 0 Å². The molecular weight excluding hydrogens is 318 g/mol. The monoisotopic (exact) mass is 327 g/mol. The summed E-state index contributed by atoms with van der Waals surface area (Å²) in [6.07, 6.45) is 2.72. The Morgan fingerprint density at radius 3 is 2.72 bits per heavy atom. The number of ether oxygens (including phenoxy) is 1. The van der Waals surface area contributed by atoms with Gasteiger partial charge in [-0.2, -0.15) is 0 Å². The fourth-order valence-corrected chi connectivity index (χ4v) is 2.01. The van der Waals surface area contributed by atoms with Crippen LogP contribution in [0.4, 0.5) is 0 Å². The Bertz CT molecular complexity index is 560. The number of hydrogen-bond donors (Lipinski definition) is 1. The zero-order valence-electron chi connectivity index (χ0n) is 9.60. The summed E-state index contributed by atoms with van der Waals surface area (Å²) in [5.41, 5.74) is 0.750. The summed E-state index contributed by atoms with van der Waals surface area (Å²) in [5.74, 6) is 1.12. The second kappa shape index (κ2) is 5.69. The van der Waals surface area contributed by atoms with Crippen molar-refractivity contribution >= 4 is 27.5 Å². The third kappa shape index (κ3) is 3.22. The first kappa shape index (κ1) is 13.3. The first-order chi connectivity index (χ1) is 8.56. The van der Waals surface area contributed by atoms with Gasteiger partial charge in [0.2, 0.25) is 0 Å². The van der Waals surface area contributed by atoms with E-state index in [1.807, 2.05) is 0 Å². The highest BCUT2D eigenvalue weighted by molar-refractivity contribution is 9.10. The van der Waals surface area contributed by atoms with Crippen molar-refractivity contribution in [1.29, 1.82) is 0 Å². The van der Waals surface area contributed by atoms with Crippen molar-refractivity contribution < 1.29 is 9.84 Å². The molecule has 3 nitrogen and oxygen atoms in total. The van der Waals surface area contributed by atoms with Gasteiger partial charge in [0, 0.05) is 10.7 Å². The summed E-state index contributed by atoms with van der Waals surface area (Å²) in [7, 11) is 0. The minimum absolute atomic E-state index is 0.452. The molecule has 0 bridgehead atoms. The number of aromatic nitrogens is 1. The van der Waals surface area contributed by atoms with Crippen molar-refractivity contribution in [3.05, 3.63) is 51.7 Å². The maximum absolute atomic E-state index is 9.45. The lowest BCUT2D eigenvalue weighted by atomic mass is 10.1. The van der Waals surface area contributed by atoms with Gasteiger partial charge in [-0.25, -0.2) is 0 Å². The lowest BCUT2D eigenvalue weighted by molar-refractivity contribution is 0.199. The Hall–Kier alpha value is -1.10. The van der Waals surface area contributed by atoms with E-state index in [0.29, 0.717) is 16.5 Å². The number of aliphatic hydroxyl groups is 1. The number of hydrogen-bond acceptors (Lipinski definition) is 3. The lowest BCUT2D eigenvalue weighted by Crippen LogP contribution is -1.92. The van der Waals surface area contributed by atoms with Gasteiger partial charge in [-0.05, 0) is 46.6 Å². The summed E-state index contributed by atoms with van der Waals surface area (Å²) in [5, 5.41) is 9.90. The Morgan fingerprint density at radius 1 is 1.33 bits per heavy atom. The Kier molecular flexibility index (Phi) is 4.22. The molecule has 94 valence electrons. The minimum atomic E-state index is -0.552. The Morgan fingerprint density at radius 2 is 2.11 bits per heavy atom. The highest BCUT2D eigenvalue weighted by Crippen LogP contribution is 2.32. The van der Waals surface area contributed by atoms with Crippen molar-refractivity contribution in [3.63, 3.8) is 0 Å². The number of rotatable bonds is 3. The van der Waals surface area contributed by atoms with Gasteiger partial charge in [-0.1, -0.05) is 17.7 Å². The van der Waals surface area contributed by atoms with E-state index in [1.54, 1.807) is 43.6 Å². The van der Waals surface area contributed by atoms with Crippen LogP contribution in [0.3, 0.4) is 0 Å². The van der Waals surface area contributed by atoms with Crippen LogP contribution in [0.1, 0.15) is 18.6 Å². The fourth-order valence-electron chi connectivity index (χ4n) is 1.43. The number of halogens is 2. The van der Waals surface area contributed by atoms with Gasteiger partial charge in [0.15, 0.2) is 0 Å². The molecule has 1 aromatic carbocycles. The fraction of sp³-hybridized carbons (Fsp3) is 0.154. The van der Waals surface area contributed by atoms with Crippen molar-refractivity contribution in [3.8, 4) is 11.5 Å². The zero-order chi connectivity index (χ0) is 13.1. The van der Waals surface area contributed by atoms with E-state index >= 15 is 0 Å². The predicted octanol–water partition coefficient (Wildman–Crippen LogP) is 4.34. The summed E-state index contributed by atoms with van der Waals surface area (Å²) >= 11 is 9.41. The van der Waals surface area contributed by atoms with Crippen LogP contribution in [-0.4, -0.2) is 10.1 Å². The molecule has 0 aliphatic rings. The van der Waals surface area contributed by atoms with Crippen LogP contribution in [-0.2, 0) is 0 Å². The average molecular weight is 329 g/mol. The van der Waals surface area contributed by atoms with Crippen molar-refractivity contribution in [1.82, 2.24) is 4.98 Å². The van der Waals surface area contributed by atoms with Crippen molar-refractivity contribution in [2.45, 2.75) is 13.0 Å². The summed E-state index contributed by atoms with van der Waals surface area (Å²) < 4.78 is 6.45. The highest BCUT2D eigenvalue weighted by Gasteiger charge is 2.07. The molecule has 5 heteroatoms. The normalized spacial score (nSPS) is 12.2. The molecule has 2 aromatic rings. The van der Waals surface area contributed by atoms with Crippen molar-refractivity contribution in [2.75, 3.05) is 0 Å². The molecule has 18 heavy (non-hydrogen) atoms. The summed E-state index contributed by atoms with van der Waals surface area (Å²) in [4.78, 5) is 4.00. The van der Waals surface area contributed by atoms with E-state index in [0.717, 1.165) is 10.0 Å². The molecule has 0 spiro atoms. The molecule has 0 aliphatic carbocycles. The molecule has 0 unspecified atom stereocenters. The molecule has 1 aromatic heterocycles. The molecule has 0 fully saturated rings. The summed E-state index contributed by atoms with van der Waals surface area (Å²) in [6.45, 7) is 1.68. The molecular formula is C13H11BrClNO2. The first-order valence-electron chi connectivity index (χ1n) is 5.32. The van der Waals surface area contributed by atoms with Gasteiger partial charge < -0.3 is 9.84 Å². The second-order valence-corrected chi connectivity index (χ2v) is 5.13. The van der Waals surface area contributed by atoms with E-state index in [2.05, 4.69) is 20.9 Å². The lowest BCUT2D eigenvalue weighted by Gasteiger charge is -2.10. The van der Waals surface area contributed by atoms with E-state index in [4.69, 9.17) is 16.3 Å². The van der Waals surface area contributed by atoms with Crippen LogP contribution in [0.2, 0.25) is 5.02 Å². The third-order valence-electron chi connectivity index (χ3n) is 2.35. The molecule has 0 amide bonds. The maximum atomic E-state index is 9.45. The van der Waals surface area contributed by atoms with Gasteiger partial charge in [-0.15, -0.1) is 0 Å². The Labute approximate surface area is 119 Å². The quantitative estimate of drug-likeness (QED) is 0.911. The predicted molar refractivity (Wildman–Crippen MR) is 74.1 cm³/mol. The molecule has 0 saturated heterocycles. The number of pyridine rings is 1. The highest BCUT2D eigenvalue weighted by atomic mass is 79.9. The van der Waals surface area contributed by atoms with E-state index in [1.165, 1.54) is 0 Å². The molecule has 0 radical (unpaired) electrons. The average Bonchev–Trinajstić information content (AvgIpc) is 2.31. The number of benzene rings is 1. The topological polar surface area (TPSA) is 42.4 Å². The smallest absolute Gasteiger partial charge is 0.146 e. The van der Waals surface area contributed by atoms with Gasteiger partial charge in [0.1, 0.15) is 11.5 Å². The van der Waals surface area contributed by atoms with Crippen LogP contribution < -0.4 is 4.74 Å². The zero-order valence-corrected chi connectivity index (χ0v) is 11.9. The molecule has 1 heterocycles. The van der Waals surface area contributed by atoms with E-state index in [9.17, 15) is 5.11 Å². The van der Waals surface area contributed by atoms with Crippen molar-refractivity contribution in [2.24, 2.45) is 0 Å². The van der Waals surface area contributed by atoms with Gasteiger partial charge in [0.25, 0.3) is 0 Å². The van der Waals surface area contributed by atoms with E-state index in [-0.39, 0.29) is 0 Å². The Balaban J connectivity index is 2.24. The first-order valence-corrected chi connectivity index (χ1v) is 6.49. The number of nitrogens with zero attached hydrogens (tertiary/aromatic N) is 1. The molecule has 0 saturated carbocycles. The van der Waals surface area contributed by atoms with Crippen LogP contribution >= 0.6 is 27.5 Å². The summed E-state index contributed by atoms with van der Waals surface area (Å²) in [6, 6.07) is 6.99. The largest absolute Gasteiger partial charge is 0.454 e. The third-order valence-corrected chi connectivity index (χ3v) is 3.07. The second-order valence-electron chi connectivity index (χ2n) is 3.81. The van der Waals surface area contributed by atoms with Gasteiger partial charge in [0.05, 0.1) is 17.3 Å². The maximum Gasteiger partial charge on any atom is 0.146 e. The standard InChI is InChI=1S/C13H11BrClNO2/c1-8(17)9-2-3-13(12(15)4-9)18-11-5-10(14)6-16-7-11/h2-8,17H,1H3/t8-/m1/s1. The van der Waals surface area contributed by atoms with Crippen LogP contribution in [0.15, 0.2) is 41.1 Å². The molecule has 0 aliphatic heterocycles. The minimum Gasteiger partial charge on any atom is -0.454 e. The van der Waals surface area contributed by atoms with Gasteiger partial charge in [-0.3, -0.25) is 4.98 Å². The molecule has 1 atom stereocenters. The molecule has 2 rings (SSSR count). The van der Waals surface area contributed by atoms with Crippen LogP contribution in [0.25, 0.3) is 0 Å². The van der Waals surface area contributed by atoms with Crippen LogP contribution in [0, 0.1) is 0 Å². The van der Waals surface area contributed by atoms with E-state index < -0.39 is 6.10 Å². The number of aliphatic hydroxyl groups excluding tert-OH is 1. The van der Waals surface area contributed by atoms with Crippen LogP contribution in [0.5, 0.6) is 11.5 Å². The molecule has 1 N–H and O–H groups in total.